The van der Waals surface area contributed by atoms with Crippen molar-refractivity contribution in [3.05, 3.63) is 35.4 Å². The van der Waals surface area contributed by atoms with Crippen LogP contribution in [0.15, 0.2) is 24.3 Å². The first-order valence-electron chi connectivity index (χ1n) is 8.73. The molecule has 21 heavy (non-hydrogen) atoms. The van der Waals surface area contributed by atoms with Gasteiger partial charge in [-0.2, -0.15) is 0 Å². The van der Waals surface area contributed by atoms with E-state index in [0.29, 0.717) is 6.04 Å². The minimum Gasteiger partial charge on any atom is -0.309 e. The van der Waals surface area contributed by atoms with Crippen molar-refractivity contribution in [2.24, 2.45) is 0 Å². The Balaban J connectivity index is 2.37. The average molecular weight is 288 g/mol. The molecule has 0 bridgehead atoms. The lowest BCUT2D eigenvalue weighted by Crippen LogP contribution is -2.55. The molecule has 1 heterocycles. The van der Waals surface area contributed by atoms with E-state index in [1.54, 1.807) is 0 Å². The number of hydrogen-bond donors (Lipinski definition) is 1. The molecule has 2 nitrogen and oxygen atoms in total. The van der Waals surface area contributed by atoms with Crippen LogP contribution in [0.5, 0.6) is 0 Å². The normalized spacial score (nSPS) is 18.1. The zero-order chi connectivity index (χ0) is 15.3. The fourth-order valence-corrected chi connectivity index (χ4v) is 4.03. The lowest BCUT2D eigenvalue weighted by atomic mass is 9.79. The van der Waals surface area contributed by atoms with E-state index < -0.39 is 0 Å². The molecule has 0 aromatic heterocycles. The summed E-state index contributed by atoms with van der Waals surface area (Å²) in [5.41, 5.74) is 3.04. The lowest BCUT2D eigenvalue weighted by molar-refractivity contribution is 0.0623. The van der Waals surface area contributed by atoms with Crippen LogP contribution in [0.2, 0.25) is 0 Å². The molecule has 1 aliphatic heterocycles. The summed E-state index contributed by atoms with van der Waals surface area (Å²) in [6, 6.07) is 9.56. The first kappa shape index (κ1) is 16.5. The molecule has 118 valence electrons. The van der Waals surface area contributed by atoms with Crippen LogP contribution < -0.4 is 5.32 Å². The van der Waals surface area contributed by atoms with Crippen LogP contribution in [0.4, 0.5) is 0 Å². The molecule has 1 atom stereocenters. The third kappa shape index (κ3) is 3.32. The predicted molar refractivity (Wildman–Crippen MR) is 91.7 cm³/mol. The van der Waals surface area contributed by atoms with E-state index in [0.717, 1.165) is 6.54 Å². The van der Waals surface area contributed by atoms with Crippen molar-refractivity contribution in [3.63, 3.8) is 0 Å². The molecule has 0 radical (unpaired) electrons. The molecule has 1 aromatic rings. The van der Waals surface area contributed by atoms with Crippen LogP contribution in [0.3, 0.4) is 0 Å². The molecule has 2 heteroatoms. The molecule has 1 saturated heterocycles. The number of likely N-dealkylation sites (tertiary alicyclic amines) is 1. The summed E-state index contributed by atoms with van der Waals surface area (Å²) in [4.78, 5) is 2.75. The maximum Gasteiger partial charge on any atom is 0.0506 e. The summed E-state index contributed by atoms with van der Waals surface area (Å²) in [6.07, 6.45) is 5.12. The molecule has 1 unspecified atom stereocenters. The second-order valence-corrected chi connectivity index (χ2v) is 6.41. The van der Waals surface area contributed by atoms with E-state index in [9.17, 15) is 0 Å². The molecule has 0 spiro atoms. The van der Waals surface area contributed by atoms with Crippen LogP contribution in [0.25, 0.3) is 0 Å². The molecule has 1 aromatic carbocycles. The summed E-state index contributed by atoms with van der Waals surface area (Å²) in [7, 11) is 0. The number of nitrogens with zero attached hydrogens (tertiary/aromatic N) is 1. The molecular formula is C19H32N2. The Morgan fingerprint density at radius 2 is 1.62 bits per heavy atom. The molecule has 1 fully saturated rings. The summed E-state index contributed by atoms with van der Waals surface area (Å²) in [5.74, 6) is 0. The van der Waals surface area contributed by atoms with Gasteiger partial charge in [-0.25, -0.2) is 0 Å². The Kier molecular flexibility index (Phi) is 5.83. The molecule has 2 rings (SSSR count). The topological polar surface area (TPSA) is 15.3 Å². The zero-order valence-corrected chi connectivity index (χ0v) is 14.3. The van der Waals surface area contributed by atoms with Gasteiger partial charge in [0.05, 0.1) is 6.04 Å². The summed E-state index contributed by atoms with van der Waals surface area (Å²) in [6.45, 7) is 12.7. The SMILES string of the molecule is CCNC(c1ccc(C)cc1)C(CC)(CC)N1CCCC1. The third-order valence-corrected chi connectivity index (χ3v) is 5.32. The number of likely N-dealkylation sites (N-methyl/N-ethyl adjacent to an activating group) is 1. The number of hydrogen-bond acceptors (Lipinski definition) is 2. The van der Waals surface area contributed by atoms with Crippen LogP contribution in [-0.4, -0.2) is 30.1 Å². The van der Waals surface area contributed by atoms with Gasteiger partial charge in [-0.15, -0.1) is 0 Å². The smallest absolute Gasteiger partial charge is 0.0506 e. The number of rotatable bonds is 7. The van der Waals surface area contributed by atoms with Crippen molar-refractivity contribution in [1.82, 2.24) is 10.2 Å². The van der Waals surface area contributed by atoms with Gasteiger partial charge < -0.3 is 5.32 Å². The largest absolute Gasteiger partial charge is 0.309 e. The van der Waals surface area contributed by atoms with Gasteiger partial charge in [0.2, 0.25) is 0 Å². The zero-order valence-electron chi connectivity index (χ0n) is 14.3. The highest BCUT2D eigenvalue weighted by atomic mass is 15.2. The van der Waals surface area contributed by atoms with Crippen LogP contribution in [0, 0.1) is 6.92 Å². The number of benzene rings is 1. The summed E-state index contributed by atoms with van der Waals surface area (Å²) < 4.78 is 0. The van der Waals surface area contributed by atoms with E-state index in [4.69, 9.17) is 0 Å². The average Bonchev–Trinajstić information content (AvgIpc) is 3.04. The summed E-state index contributed by atoms with van der Waals surface area (Å²) in [5, 5.41) is 3.80. The maximum absolute atomic E-state index is 3.80. The maximum atomic E-state index is 3.80. The number of nitrogens with one attached hydrogen (secondary N) is 1. The predicted octanol–water partition coefficient (Wildman–Crippen LogP) is 4.30. The lowest BCUT2D eigenvalue weighted by Gasteiger charge is -2.47. The van der Waals surface area contributed by atoms with E-state index in [2.05, 4.69) is 62.2 Å². The van der Waals surface area contributed by atoms with Crippen molar-refractivity contribution >= 4 is 0 Å². The molecule has 0 amide bonds. The van der Waals surface area contributed by atoms with Crippen LogP contribution >= 0.6 is 0 Å². The quantitative estimate of drug-likeness (QED) is 0.804. The Hall–Kier alpha value is -0.860. The van der Waals surface area contributed by atoms with Crippen LogP contribution in [0.1, 0.15) is 63.6 Å². The van der Waals surface area contributed by atoms with E-state index >= 15 is 0 Å². The van der Waals surface area contributed by atoms with E-state index in [-0.39, 0.29) is 5.54 Å². The van der Waals surface area contributed by atoms with Crippen molar-refractivity contribution in [3.8, 4) is 0 Å². The Bertz CT molecular complexity index is 414. The Labute approximate surface area is 130 Å². The molecule has 0 saturated carbocycles. The van der Waals surface area contributed by atoms with Crippen molar-refractivity contribution < 1.29 is 0 Å². The van der Waals surface area contributed by atoms with Gasteiger partial charge in [0.15, 0.2) is 0 Å². The fraction of sp³-hybridized carbons (Fsp3) is 0.684. The third-order valence-electron chi connectivity index (χ3n) is 5.32. The first-order chi connectivity index (χ1) is 10.2. The molecule has 1 aliphatic rings. The molecular weight excluding hydrogens is 256 g/mol. The Morgan fingerprint density at radius 3 is 2.10 bits per heavy atom. The molecule has 0 aliphatic carbocycles. The highest BCUT2D eigenvalue weighted by molar-refractivity contribution is 5.27. The first-order valence-corrected chi connectivity index (χ1v) is 8.73. The van der Waals surface area contributed by atoms with Crippen molar-refractivity contribution in [1.29, 1.82) is 0 Å². The van der Waals surface area contributed by atoms with Crippen molar-refractivity contribution in [2.45, 2.75) is 65.0 Å². The highest BCUT2D eigenvalue weighted by Gasteiger charge is 2.42. The second-order valence-electron chi connectivity index (χ2n) is 6.41. The Morgan fingerprint density at radius 1 is 1.05 bits per heavy atom. The van der Waals surface area contributed by atoms with Gasteiger partial charge in [0.25, 0.3) is 0 Å². The van der Waals surface area contributed by atoms with E-state index in [1.165, 1.54) is 49.9 Å². The number of aryl methyl sites for hydroxylation is 1. The van der Waals surface area contributed by atoms with Crippen LogP contribution in [-0.2, 0) is 0 Å². The van der Waals surface area contributed by atoms with Gasteiger partial charge in [-0.05, 0) is 57.8 Å². The van der Waals surface area contributed by atoms with Crippen molar-refractivity contribution in [2.75, 3.05) is 19.6 Å². The molecule has 1 N–H and O–H groups in total. The monoisotopic (exact) mass is 288 g/mol. The standard InChI is InChI=1S/C19H32N2/c1-5-19(6-2,21-14-8-9-15-21)18(20-7-3)17-12-10-16(4)11-13-17/h10-13,18,20H,5-9,14-15H2,1-4H3. The van der Waals surface area contributed by atoms with Gasteiger partial charge >= 0.3 is 0 Å². The second kappa shape index (κ2) is 7.42. The fourth-order valence-electron chi connectivity index (χ4n) is 4.03. The summed E-state index contributed by atoms with van der Waals surface area (Å²) >= 11 is 0. The minimum atomic E-state index is 0.252. The van der Waals surface area contributed by atoms with E-state index in [1.807, 2.05) is 0 Å². The van der Waals surface area contributed by atoms with Gasteiger partial charge in [-0.3, -0.25) is 4.90 Å². The van der Waals surface area contributed by atoms with Gasteiger partial charge in [-0.1, -0.05) is 50.6 Å². The highest BCUT2D eigenvalue weighted by Crippen LogP contribution is 2.39. The minimum absolute atomic E-state index is 0.252. The van der Waals surface area contributed by atoms with Gasteiger partial charge in [0, 0.05) is 5.54 Å². The van der Waals surface area contributed by atoms with Gasteiger partial charge in [0.1, 0.15) is 0 Å².